The summed E-state index contributed by atoms with van der Waals surface area (Å²) >= 11 is 12.2. The van der Waals surface area contributed by atoms with Crippen LogP contribution in [0.4, 0.5) is 4.79 Å². The van der Waals surface area contributed by atoms with Crippen LogP contribution in [0, 0.1) is 17.8 Å². The molecule has 2 bridgehead atoms. The standard InChI is InChI=1S/C21H25Cl2NO4/c1-5-6-27-17-9-16(23)15(22)8-14(17)19(25)18-12-7-13(18)11-24(10-12)20(26)28-21(2,3)4/h5,8-9,12-13,18H,1,6-7,10-11H2,2-4H3. The number of carbonyl (C=O) groups is 2. The third-order valence-corrected chi connectivity index (χ3v) is 5.85. The first-order valence-corrected chi connectivity index (χ1v) is 10.1. The molecule has 1 aromatic carbocycles. The van der Waals surface area contributed by atoms with E-state index in [1.807, 2.05) is 20.8 Å². The van der Waals surface area contributed by atoms with Crippen LogP contribution < -0.4 is 4.74 Å². The molecule has 1 amide bonds. The fourth-order valence-corrected chi connectivity index (χ4v) is 4.28. The number of carbonyl (C=O) groups excluding carboxylic acids is 2. The molecule has 152 valence electrons. The van der Waals surface area contributed by atoms with Gasteiger partial charge in [-0.15, -0.1) is 0 Å². The summed E-state index contributed by atoms with van der Waals surface area (Å²) in [5.41, 5.74) is -0.104. The summed E-state index contributed by atoms with van der Waals surface area (Å²) in [5, 5.41) is 0.651. The molecule has 1 aromatic rings. The average molecular weight is 426 g/mol. The molecule has 2 aliphatic rings. The summed E-state index contributed by atoms with van der Waals surface area (Å²) in [6, 6.07) is 3.15. The van der Waals surface area contributed by atoms with E-state index in [4.69, 9.17) is 32.7 Å². The number of ketones is 1. The molecule has 1 saturated carbocycles. The molecule has 1 saturated heterocycles. The molecule has 28 heavy (non-hydrogen) atoms. The Hall–Kier alpha value is -1.72. The van der Waals surface area contributed by atoms with Crippen LogP contribution in [-0.2, 0) is 4.74 Å². The zero-order chi connectivity index (χ0) is 20.6. The second-order valence-electron chi connectivity index (χ2n) is 8.39. The van der Waals surface area contributed by atoms with Gasteiger partial charge in [-0.3, -0.25) is 4.79 Å². The molecule has 2 fully saturated rings. The quantitative estimate of drug-likeness (QED) is 0.477. The number of amides is 1. The summed E-state index contributed by atoms with van der Waals surface area (Å²) in [7, 11) is 0. The summed E-state index contributed by atoms with van der Waals surface area (Å²) < 4.78 is 11.1. The highest BCUT2D eigenvalue weighted by atomic mass is 35.5. The van der Waals surface area contributed by atoms with E-state index in [9.17, 15) is 9.59 Å². The van der Waals surface area contributed by atoms with Gasteiger partial charge in [0, 0.05) is 25.1 Å². The molecule has 0 N–H and O–H groups in total. The first-order valence-electron chi connectivity index (χ1n) is 9.35. The average Bonchev–Trinajstić information content (AvgIpc) is 2.60. The number of ether oxygens (including phenoxy) is 2. The number of Topliss-reactive ketones (excluding diaryl/α,β-unsaturated/α-hetero) is 1. The molecule has 5 nitrogen and oxygen atoms in total. The Balaban J connectivity index is 1.75. The Kier molecular flexibility index (Phi) is 5.97. The van der Waals surface area contributed by atoms with Gasteiger partial charge in [-0.2, -0.15) is 0 Å². The number of benzene rings is 1. The van der Waals surface area contributed by atoms with Gasteiger partial charge in [0.1, 0.15) is 18.0 Å². The monoisotopic (exact) mass is 425 g/mol. The lowest BCUT2D eigenvalue weighted by Gasteiger charge is -2.52. The van der Waals surface area contributed by atoms with Gasteiger partial charge in [0.25, 0.3) is 0 Å². The van der Waals surface area contributed by atoms with E-state index >= 15 is 0 Å². The molecular weight excluding hydrogens is 401 g/mol. The Labute approximate surface area is 175 Å². The molecule has 2 atom stereocenters. The van der Waals surface area contributed by atoms with Crippen molar-refractivity contribution in [3.63, 3.8) is 0 Å². The van der Waals surface area contributed by atoms with Crippen LogP contribution >= 0.6 is 23.2 Å². The van der Waals surface area contributed by atoms with Crippen molar-refractivity contribution < 1.29 is 19.1 Å². The van der Waals surface area contributed by atoms with Gasteiger partial charge in [0.05, 0.1) is 15.6 Å². The molecule has 1 aliphatic heterocycles. The van der Waals surface area contributed by atoms with Gasteiger partial charge in [0.15, 0.2) is 5.78 Å². The van der Waals surface area contributed by atoms with Crippen LogP contribution in [0.3, 0.4) is 0 Å². The zero-order valence-corrected chi connectivity index (χ0v) is 17.8. The number of nitrogens with zero attached hydrogens (tertiary/aromatic N) is 1. The second kappa shape index (κ2) is 7.96. The molecule has 0 radical (unpaired) electrons. The number of halogens is 2. The lowest BCUT2D eigenvalue weighted by molar-refractivity contribution is -0.0436. The van der Waals surface area contributed by atoms with Crippen molar-refractivity contribution in [3.05, 3.63) is 40.4 Å². The van der Waals surface area contributed by atoms with Gasteiger partial charge in [-0.25, -0.2) is 4.79 Å². The second-order valence-corrected chi connectivity index (χ2v) is 9.21. The highest BCUT2D eigenvalue weighted by molar-refractivity contribution is 6.42. The third-order valence-electron chi connectivity index (χ3n) is 5.13. The van der Waals surface area contributed by atoms with E-state index in [0.29, 0.717) is 34.4 Å². The predicted octanol–water partition coefficient (Wildman–Crippen LogP) is 5.24. The van der Waals surface area contributed by atoms with Crippen LogP contribution in [0.1, 0.15) is 37.6 Å². The van der Waals surface area contributed by atoms with Gasteiger partial charge >= 0.3 is 6.09 Å². The minimum atomic E-state index is -0.536. The summed E-state index contributed by atoms with van der Waals surface area (Å²) in [6.07, 6.45) is 2.21. The maximum absolute atomic E-state index is 13.3. The normalized spacial score (nSPS) is 23.6. The number of likely N-dealkylation sites (tertiary alicyclic amines) is 1. The van der Waals surface area contributed by atoms with Crippen LogP contribution in [-0.4, -0.2) is 42.1 Å². The van der Waals surface area contributed by atoms with Crippen molar-refractivity contribution in [2.45, 2.75) is 32.8 Å². The van der Waals surface area contributed by atoms with Gasteiger partial charge in [-0.05, 0) is 45.1 Å². The summed E-state index contributed by atoms with van der Waals surface area (Å²) in [5.74, 6) is 0.471. The molecule has 0 aromatic heterocycles. The van der Waals surface area contributed by atoms with E-state index < -0.39 is 5.60 Å². The zero-order valence-electron chi connectivity index (χ0n) is 16.3. The lowest BCUT2D eigenvalue weighted by atomic mass is 9.59. The van der Waals surface area contributed by atoms with E-state index in [1.165, 1.54) is 0 Å². The fraction of sp³-hybridized carbons (Fsp3) is 0.524. The topological polar surface area (TPSA) is 55.8 Å². The van der Waals surface area contributed by atoms with Gasteiger partial charge in [-0.1, -0.05) is 35.9 Å². The van der Waals surface area contributed by atoms with E-state index in [0.717, 1.165) is 6.42 Å². The van der Waals surface area contributed by atoms with E-state index in [-0.39, 0.29) is 36.2 Å². The van der Waals surface area contributed by atoms with E-state index in [2.05, 4.69) is 6.58 Å². The number of fused-ring (bicyclic) bond motifs is 2. The third kappa shape index (κ3) is 4.31. The highest BCUT2D eigenvalue weighted by Gasteiger charge is 2.52. The molecule has 3 rings (SSSR count). The highest BCUT2D eigenvalue weighted by Crippen LogP contribution is 2.48. The van der Waals surface area contributed by atoms with Crippen molar-refractivity contribution >= 4 is 35.1 Å². The Morgan fingerprint density at radius 1 is 1.21 bits per heavy atom. The number of hydrogen-bond acceptors (Lipinski definition) is 4. The van der Waals surface area contributed by atoms with Crippen LogP contribution in [0.25, 0.3) is 0 Å². The predicted molar refractivity (Wildman–Crippen MR) is 109 cm³/mol. The summed E-state index contributed by atoms with van der Waals surface area (Å²) in [4.78, 5) is 27.3. The number of hydrogen-bond donors (Lipinski definition) is 0. The maximum atomic E-state index is 13.3. The van der Waals surface area contributed by atoms with Crippen molar-refractivity contribution in [3.8, 4) is 5.75 Å². The number of piperidine rings is 2. The lowest BCUT2D eigenvalue weighted by Crippen LogP contribution is -2.59. The summed E-state index contributed by atoms with van der Waals surface area (Å²) in [6.45, 7) is 10.5. The van der Waals surface area contributed by atoms with Gasteiger partial charge in [0.2, 0.25) is 0 Å². The first kappa shape index (κ1) is 21.0. The minimum absolute atomic E-state index is 0.0114. The SMILES string of the molecule is C=CCOc1cc(Cl)c(Cl)cc1C(=O)C1C2CC1CN(C(=O)OC(C)(C)C)C2. The van der Waals surface area contributed by atoms with Gasteiger partial charge < -0.3 is 14.4 Å². The fourth-order valence-electron chi connectivity index (χ4n) is 3.96. The molecule has 0 spiro atoms. The molecule has 2 unspecified atom stereocenters. The molecule has 1 aliphatic carbocycles. The van der Waals surface area contributed by atoms with Crippen molar-refractivity contribution in [1.29, 1.82) is 0 Å². The van der Waals surface area contributed by atoms with Crippen molar-refractivity contribution in [2.75, 3.05) is 19.7 Å². The molecule has 7 heteroatoms. The molecular formula is C21H25Cl2NO4. The Morgan fingerprint density at radius 3 is 2.39 bits per heavy atom. The van der Waals surface area contributed by atoms with Crippen molar-refractivity contribution in [1.82, 2.24) is 4.90 Å². The largest absolute Gasteiger partial charge is 0.489 e. The molecule has 1 heterocycles. The first-order chi connectivity index (χ1) is 13.1. The Bertz CT molecular complexity index is 790. The van der Waals surface area contributed by atoms with Crippen molar-refractivity contribution in [2.24, 2.45) is 17.8 Å². The van der Waals surface area contributed by atoms with Crippen LogP contribution in [0.2, 0.25) is 10.0 Å². The number of rotatable bonds is 5. The van der Waals surface area contributed by atoms with Crippen LogP contribution in [0.15, 0.2) is 24.8 Å². The van der Waals surface area contributed by atoms with E-state index in [1.54, 1.807) is 23.1 Å². The van der Waals surface area contributed by atoms with Crippen LogP contribution in [0.5, 0.6) is 5.75 Å². The minimum Gasteiger partial charge on any atom is -0.489 e. The maximum Gasteiger partial charge on any atom is 0.410 e. The smallest absolute Gasteiger partial charge is 0.410 e. The Morgan fingerprint density at radius 2 is 1.82 bits per heavy atom.